The average Bonchev–Trinajstić information content (AvgIpc) is 3.03. The van der Waals surface area contributed by atoms with E-state index < -0.39 is 17.0 Å². The predicted octanol–water partition coefficient (Wildman–Crippen LogP) is 3.81. The van der Waals surface area contributed by atoms with Gasteiger partial charge in [0, 0.05) is 0 Å². The molecule has 0 fully saturated rings. The van der Waals surface area contributed by atoms with Crippen LogP contribution in [0.4, 0.5) is 13.2 Å². The van der Waals surface area contributed by atoms with Crippen LogP contribution in [-0.4, -0.2) is 29.8 Å². The van der Waals surface area contributed by atoms with Gasteiger partial charge in [-0.3, -0.25) is 0 Å². The van der Waals surface area contributed by atoms with Crippen molar-refractivity contribution in [3.8, 4) is 10.9 Å². The number of aliphatic hydroxyl groups excluding tert-OH is 1. The third-order valence-electron chi connectivity index (χ3n) is 3.17. The Morgan fingerprint density at radius 2 is 2.12 bits per heavy atom. The number of rotatable bonds is 5. The van der Waals surface area contributed by atoms with Crippen LogP contribution in [0.25, 0.3) is 5.57 Å². The number of hydrogen-bond donors (Lipinski definition) is 1. The Kier molecular flexibility index (Phi) is 5.81. The van der Waals surface area contributed by atoms with Gasteiger partial charge in [-0.1, -0.05) is 17.4 Å². The number of benzene rings is 1. The lowest BCUT2D eigenvalue weighted by Crippen LogP contribution is -2.06. The largest absolute Gasteiger partial charge is 0.465 e. The van der Waals surface area contributed by atoms with Crippen LogP contribution in [0, 0.1) is 6.92 Å². The van der Waals surface area contributed by atoms with Gasteiger partial charge in [0.1, 0.15) is 10.6 Å². The first-order valence-electron chi connectivity index (χ1n) is 6.97. The average molecular weight is 373 g/mol. The Bertz CT molecular complexity index is 799. The molecule has 2 rings (SSSR count). The molecule has 25 heavy (non-hydrogen) atoms. The van der Waals surface area contributed by atoms with E-state index in [1.807, 2.05) is 0 Å². The smallest absolute Gasteiger partial charge is 0.427 e. The summed E-state index contributed by atoms with van der Waals surface area (Å²) >= 11 is 0.370. The Hall–Kier alpha value is -2.39. The van der Waals surface area contributed by atoms with Crippen molar-refractivity contribution in [2.45, 2.75) is 13.1 Å². The van der Waals surface area contributed by atoms with Gasteiger partial charge in [-0.15, -0.1) is 0 Å². The highest BCUT2D eigenvalue weighted by atomic mass is 32.1. The highest BCUT2D eigenvalue weighted by Crippen LogP contribution is 2.37. The topological polar surface area (TPSA) is 68.7 Å². The van der Waals surface area contributed by atoms with E-state index in [0.717, 1.165) is 0 Å². The van der Waals surface area contributed by atoms with E-state index in [2.05, 4.69) is 9.72 Å². The molecule has 0 aliphatic rings. The normalized spacial score (nSPS) is 12.2. The van der Waals surface area contributed by atoms with E-state index in [1.165, 1.54) is 19.3 Å². The van der Waals surface area contributed by atoms with E-state index in [9.17, 15) is 18.0 Å². The molecule has 0 bridgehead atoms. The summed E-state index contributed by atoms with van der Waals surface area (Å²) in [5.41, 5.74) is 1.27. The molecule has 0 saturated heterocycles. The number of methoxy groups -OCH3 is 1. The molecule has 1 N–H and O–H groups in total. The SMILES string of the molecule is COC(=O)/C(=C/CO)c1cc(Oc2ncc(C(F)(F)F)s2)ccc1C. The summed E-state index contributed by atoms with van der Waals surface area (Å²) in [4.78, 5) is 14.6. The molecule has 134 valence electrons. The number of alkyl halides is 3. The predicted molar refractivity (Wildman–Crippen MR) is 85.4 cm³/mol. The van der Waals surface area contributed by atoms with Crippen LogP contribution in [0.2, 0.25) is 0 Å². The number of aromatic nitrogens is 1. The zero-order valence-corrected chi connectivity index (χ0v) is 14.1. The monoisotopic (exact) mass is 373 g/mol. The van der Waals surface area contributed by atoms with Crippen LogP contribution >= 0.6 is 11.3 Å². The molecule has 0 aliphatic carbocycles. The highest BCUT2D eigenvalue weighted by Gasteiger charge is 2.33. The molecule has 0 atom stereocenters. The number of halogens is 3. The molecule has 1 aromatic heterocycles. The van der Waals surface area contributed by atoms with Gasteiger partial charge in [0.05, 0.1) is 25.5 Å². The summed E-state index contributed by atoms with van der Waals surface area (Å²) in [6.07, 6.45) is -2.51. The zero-order chi connectivity index (χ0) is 18.6. The van der Waals surface area contributed by atoms with E-state index in [0.29, 0.717) is 28.7 Å². The minimum absolute atomic E-state index is 0.128. The maximum atomic E-state index is 12.6. The standard InChI is InChI=1S/C16H14F3NO4S/c1-9-3-4-10(7-12(9)11(5-6-21)14(22)23-2)24-15-20-8-13(25-15)16(17,18)19/h3-5,7-8,21H,6H2,1-2H3/b11-5+. The molecular weight excluding hydrogens is 359 g/mol. The van der Waals surface area contributed by atoms with Gasteiger partial charge >= 0.3 is 12.1 Å². The highest BCUT2D eigenvalue weighted by molar-refractivity contribution is 7.13. The molecule has 0 amide bonds. The molecule has 1 aromatic carbocycles. The first kappa shape index (κ1) is 18.9. The zero-order valence-electron chi connectivity index (χ0n) is 13.3. The second-order valence-electron chi connectivity index (χ2n) is 4.86. The lowest BCUT2D eigenvalue weighted by Gasteiger charge is -2.11. The molecule has 0 spiro atoms. The molecule has 2 aromatic rings. The molecule has 0 unspecified atom stereocenters. The van der Waals surface area contributed by atoms with Gasteiger partial charge in [0.25, 0.3) is 5.19 Å². The van der Waals surface area contributed by atoms with Crippen molar-refractivity contribution in [2.24, 2.45) is 0 Å². The fourth-order valence-corrected chi connectivity index (χ4v) is 2.65. The molecular formula is C16H14F3NO4S. The second kappa shape index (κ2) is 7.66. The molecule has 1 heterocycles. The maximum Gasteiger partial charge on any atom is 0.427 e. The van der Waals surface area contributed by atoms with Crippen LogP contribution in [0.1, 0.15) is 16.0 Å². The van der Waals surface area contributed by atoms with Crippen molar-refractivity contribution in [1.82, 2.24) is 4.98 Å². The molecule has 0 aliphatic heterocycles. The third-order valence-corrected chi connectivity index (χ3v) is 4.09. The summed E-state index contributed by atoms with van der Waals surface area (Å²) in [6.45, 7) is 1.36. The number of thiazole rings is 1. The first-order chi connectivity index (χ1) is 11.8. The summed E-state index contributed by atoms with van der Waals surface area (Å²) in [5, 5.41) is 8.91. The summed E-state index contributed by atoms with van der Waals surface area (Å²) in [7, 11) is 1.21. The van der Waals surface area contributed by atoms with E-state index in [1.54, 1.807) is 19.1 Å². The number of aryl methyl sites for hydroxylation is 1. The molecule has 9 heteroatoms. The second-order valence-corrected chi connectivity index (χ2v) is 5.85. The van der Waals surface area contributed by atoms with E-state index in [-0.39, 0.29) is 23.1 Å². The molecule has 0 saturated carbocycles. The van der Waals surface area contributed by atoms with Crippen LogP contribution < -0.4 is 4.74 Å². The van der Waals surface area contributed by atoms with Gasteiger partial charge in [-0.25, -0.2) is 9.78 Å². The lowest BCUT2D eigenvalue weighted by molar-refractivity contribution is -0.135. The fourth-order valence-electron chi connectivity index (χ4n) is 2.00. The lowest BCUT2D eigenvalue weighted by atomic mass is 10.00. The van der Waals surface area contributed by atoms with Crippen molar-refractivity contribution in [1.29, 1.82) is 0 Å². The van der Waals surface area contributed by atoms with Crippen molar-refractivity contribution >= 4 is 22.9 Å². The van der Waals surface area contributed by atoms with Crippen molar-refractivity contribution < 1.29 is 32.5 Å². The number of aliphatic hydroxyl groups is 1. The summed E-state index contributed by atoms with van der Waals surface area (Å²) < 4.78 is 47.9. The van der Waals surface area contributed by atoms with Crippen molar-refractivity contribution in [3.05, 3.63) is 46.5 Å². The van der Waals surface area contributed by atoms with E-state index >= 15 is 0 Å². The van der Waals surface area contributed by atoms with Gasteiger partial charge < -0.3 is 14.6 Å². The maximum absolute atomic E-state index is 12.6. The molecule has 0 radical (unpaired) electrons. The Morgan fingerprint density at radius 3 is 2.68 bits per heavy atom. The number of esters is 1. The quantitative estimate of drug-likeness (QED) is 0.638. The van der Waals surface area contributed by atoms with Crippen molar-refractivity contribution in [2.75, 3.05) is 13.7 Å². The number of carbonyl (C=O) groups excluding carboxylic acids is 1. The fraction of sp³-hybridized carbons (Fsp3) is 0.250. The number of hydrogen-bond acceptors (Lipinski definition) is 6. The summed E-state index contributed by atoms with van der Waals surface area (Å²) in [5.74, 6) is -0.445. The van der Waals surface area contributed by atoms with Crippen LogP contribution in [0.15, 0.2) is 30.5 Å². The Morgan fingerprint density at radius 1 is 1.40 bits per heavy atom. The van der Waals surface area contributed by atoms with Crippen LogP contribution in [-0.2, 0) is 15.7 Å². The summed E-state index contributed by atoms with van der Waals surface area (Å²) in [6, 6.07) is 4.65. The number of carbonyl (C=O) groups is 1. The third kappa shape index (κ3) is 4.58. The minimum atomic E-state index is -4.49. The van der Waals surface area contributed by atoms with E-state index in [4.69, 9.17) is 9.84 Å². The van der Waals surface area contributed by atoms with Gasteiger partial charge in [0.2, 0.25) is 0 Å². The van der Waals surface area contributed by atoms with Gasteiger partial charge in [0.15, 0.2) is 0 Å². The first-order valence-corrected chi connectivity index (χ1v) is 7.79. The number of ether oxygens (including phenoxy) is 2. The van der Waals surface area contributed by atoms with Crippen molar-refractivity contribution in [3.63, 3.8) is 0 Å². The van der Waals surface area contributed by atoms with Gasteiger partial charge in [-0.05, 0) is 36.3 Å². The molecule has 5 nitrogen and oxygen atoms in total. The van der Waals surface area contributed by atoms with Gasteiger partial charge in [-0.2, -0.15) is 13.2 Å². The minimum Gasteiger partial charge on any atom is -0.465 e. The Labute approximate surface area is 145 Å². The number of nitrogens with zero attached hydrogens (tertiary/aromatic N) is 1. The van der Waals surface area contributed by atoms with Crippen LogP contribution in [0.3, 0.4) is 0 Å². The van der Waals surface area contributed by atoms with Crippen LogP contribution in [0.5, 0.6) is 10.9 Å². The Balaban J connectivity index is 2.34.